The Bertz CT molecular complexity index is 1150. The average Bonchev–Trinajstić information content (AvgIpc) is 3.47. The number of allylic oxidation sites excluding steroid dienone is 2. The Kier molecular flexibility index (Phi) is 4.98. The Labute approximate surface area is 200 Å². The molecule has 0 spiro atoms. The molecule has 0 radical (unpaired) electrons. The zero-order chi connectivity index (χ0) is 24.7. The van der Waals surface area contributed by atoms with Gasteiger partial charge in [-0.3, -0.25) is 25.7 Å². The maximum absolute atomic E-state index is 11.6. The van der Waals surface area contributed by atoms with E-state index in [0.29, 0.717) is 40.9 Å². The van der Waals surface area contributed by atoms with E-state index in [1.165, 1.54) is 24.1 Å². The number of fused-ring (bicyclic) bond motifs is 4. The van der Waals surface area contributed by atoms with Gasteiger partial charge >= 0.3 is 5.69 Å². The van der Waals surface area contributed by atoms with Gasteiger partial charge in [-0.2, -0.15) is 5.10 Å². The second-order valence-electron chi connectivity index (χ2n) is 12.1. The third-order valence-electron chi connectivity index (χ3n) is 10.5. The smallest absolute Gasteiger partial charge is 0.271 e. The molecule has 0 aromatic heterocycles. The van der Waals surface area contributed by atoms with Crippen molar-refractivity contribution >= 4 is 22.8 Å². The van der Waals surface area contributed by atoms with Crippen LogP contribution < -0.4 is 5.43 Å². The van der Waals surface area contributed by atoms with E-state index in [1.54, 1.807) is 5.57 Å². The Morgan fingerprint density at radius 3 is 2.24 bits per heavy atom. The summed E-state index contributed by atoms with van der Waals surface area (Å²) in [5, 5.41) is 27.5. The molecule has 1 aromatic carbocycles. The van der Waals surface area contributed by atoms with E-state index in [2.05, 4.69) is 47.0 Å². The predicted octanol–water partition coefficient (Wildman–Crippen LogP) is 6.58. The van der Waals surface area contributed by atoms with Crippen molar-refractivity contribution in [2.24, 2.45) is 51.4 Å². The second kappa shape index (κ2) is 7.36. The minimum atomic E-state index is -0.622. The molecule has 0 aliphatic heterocycles. The maximum atomic E-state index is 11.6. The summed E-state index contributed by atoms with van der Waals surface area (Å²) in [6.45, 7) is 14.2. The molecule has 0 amide bonds. The van der Waals surface area contributed by atoms with Crippen molar-refractivity contribution in [2.75, 3.05) is 5.43 Å². The number of hydrazone groups is 1. The van der Waals surface area contributed by atoms with E-state index in [4.69, 9.17) is 5.10 Å². The summed E-state index contributed by atoms with van der Waals surface area (Å²) in [5.41, 5.74) is 7.06. The molecule has 1 aromatic rings. The summed E-state index contributed by atoms with van der Waals surface area (Å²) in [7, 11) is 0. The number of rotatable bonds is 4. The van der Waals surface area contributed by atoms with Crippen molar-refractivity contribution in [3.63, 3.8) is 0 Å². The third kappa shape index (κ3) is 3.06. The number of benzene rings is 1. The number of hydrogen-bond acceptors (Lipinski definition) is 6. The van der Waals surface area contributed by atoms with Gasteiger partial charge in [0.15, 0.2) is 0 Å². The zero-order valence-corrected chi connectivity index (χ0v) is 20.8. The molecule has 4 fully saturated rings. The summed E-state index contributed by atoms with van der Waals surface area (Å²) in [6.07, 6.45) is 3.45. The van der Waals surface area contributed by atoms with Crippen LogP contribution in [0.4, 0.5) is 17.1 Å². The molecule has 4 saturated carbocycles. The van der Waals surface area contributed by atoms with Gasteiger partial charge in [0.05, 0.1) is 21.6 Å². The highest BCUT2D eigenvalue weighted by molar-refractivity contribution is 6.07. The minimum absolute atomic E-state index is 0.185. The molecule has 4 aliphatic rings. The molecule has 1 N–H and O–H groups in total. The molecular weight excluding hydrogens is 432 g/mol. The Morgan fingerprint density at radius 1 is 0.971 bits per heavy atom. The molecule has 8 heteroatoms. The zero-order valence-electron chi connectivity index (χ0n) is 20.8. The van der Waals surface area contributed by atoms with Crippen LogP contribution >= 0.6 is 0 Å². The third-order valence-corrected chi connectivity index (χ3v) is 10.5. The molecule has 4 bridgehead atoms. The fourth-order valence-corrected chi connectivity index (χ4v) is 7.57. The highest BCUT2D eigenvalue weighted by Crippen LogP contribution is 2.67. The van der Waals surface area contributed by atoms with E-state index >= 15 is 0 Å². The van der Waals surface area contributed by atoms with Crippen molar-refractivity contribution < 1.29 is 9.85 Å². The number of anilines is 1. The van der Waals surface area contributed by atoms with Gasteiger partial charge in [0.2, 0.25) is 0 Å². The minimum Gasteiger partial charge on any atom is -0.271 e. The molecule has 4 aliphatic carbocycles. The van der Waals surface area contributed by atoms with Crippen LogP contribution in [0.15, 0.2) is 34.4 Å². The lowest BCUT2D eigenvalue weighted by atomic mass is 9.62. The van der Waals surface area contributed by atoms with Crippen LogP contribution in [-0.4, -0.2) is 15.6 Å². The van der Waals surface area contributed by atoms with Crippen molar-refractivity contribution in [2.45, 2.75) is 60.8 Å². The Morgan fingerprint density at radius 2 is 1.65 bits per heavy atom. The molecule has 5 rings (SSSR count). The van der Waals surface area contributed by atoms with Crippen LogP contribution in [0.25, 0.3) is 0 Å². The number of nitrogens with one attached hydrogen (secondary N) is 1. The first-order chi connectivity index (χ1) is 15.9. The van der Waals surface area contributed by atoms with Gasteiger partial charge in [-0.25, -0.2) is 0 Å². The maximum Gasteiger partial charge on any atom is 0.301 e. The van der Waals surface area contributed by atoms with Crippen LogP contribution in [0.1, 0.15) is 60.8 Å². The van der Waals surface area contributed by atoms with Gasteiger partial charge in [-0.15, -0.1) is 0 Å². The largest absolute Gasteiger partial charge is 0.301 e. The fraction of sp³-hybridized carbons (Fsp3) is 0.654. The summed E-state index contributed by atoms with van der Waals surface area (Å²) in [6, 6.07) is 3.66. The van der Waals surface area contributed by atoms with Crippen molar-refractivity contribution in [3.8, 4) is 0 Å². The fourth-order valence-electron chi connectivity index (χ4n) is 7.57. The van der Waals surface area contributed by atoms with Gasteiger partial charge in [0.25, 0.3) is 5.69 Å². The summed E-state index contributed by atoms with van der Waals surface area (Å²) < 4.78 is 0. The summed E-state index contributed by atoms with van der Waals surface area (Å²) in [5.74, 6) is 3.12. The topological polar surface area (TPSA) is 111 Å². The van der Waals surface area contributed by atoms with Gasteiger partial charge in [-0.05, 0) is 71.3 Å². The van der Waals surface area contributed by atoms with Gasteiger partial charge in [0, 0.05) is 12.0 Å². The Hall–Kier alpha value is -2.77. The number of hydrogen-bond donors (Lipinski definition) is 1. The Balaban J connectivity index is 1.56. The number of non-ortho nitro benzene ring substituents is 1. The van der Waals surface area contributed by atoms with Gasteiger partial charge < -0.3 is 0 Å². The summed E-state index contributed by atoms with van der Waals surface area (Å²) in [4.78, 5) is 21.5. The van der Waals surface area contributed by atoms with Crippen LogP contribution in [0.3, 0.4) is 0 Å². The van der Waals surface area contributed by atoms with Crippen molar-refractivity contribution in [1.29, 1.82) is 0 Å². The average molecular weight is 467 g/mol. The van der Waals surface area contributed by atoms with Crippen molar-refractivity contribution in [3.05, 3.63) is 49.6 Å². The molecule has 34 heavy (non-hydrogen) atoms. The number of nitrogens with zero attached hydrogens (tertiary/aromatic N) is 3. The van der Waals surface area contributed by atoms with Crippen LogP contribution in [0.2, 0.25) is 0 Å². The first kappa shape index (κ1) is 23.0. The molecule has 0 heterocycles. The predicted molar refractivity (Wildman–Crippen MR) is 132 cm³/mol. The highest BCUT2D eigenvalue weighted by Gasteiger charge is 2.60. The van der Waals surface area contributed by atoms with Crippen LogP contribution in [0, 0.1) is 66.6 Å². The molecule has 8 nitrogen and oxygen atoms in total. The molecule has 0 unspecified atom stereocenters. The second-order valence-corrected chi connectivity index (χ2v) is 12.1. The first-order valence-corrected chi connectivity index (χ1v) is 12.3. The molecule has 6 atom stereocenters. The van der Waals surface area contributed by atoms with Gasteiger partial charge in [-0.1, -0.05) is 47.1 Å². The standard InChI is InChI=1S/C26H34N4O4/c1-13-17-9-15(25(13,3)4)10-19(17)23-20-12-18(14(2)26(20,5)6)24(23)28-27-21-8-7-16(29(31)32)11-22(21)30(33)34/h7-8,11,13-15,17-18,20,27H,9-10,12H2,1-6H3/b23-19-,28-24-/t13-,14+,15-,17+,18-,20+/m0/s1. The first-order valence-electron chi connectivity index (χ1n) is 12.3. The normalized spacial score (nSPS) is 38.0. The quantitative estimate of drug-likeness (QED) is 0.398. The molecule has 0 saturated heterocycles. The molecule has 182 valence electrons. The lowest BCUT2D eigenvalue weighted by molar-refractivity contribution is -0.393. The summed E-state index contributed by atoms with van der Waals surface area (Å²) >= 11 is 0. The lowest BCUT2D eigenvalue weighted by Crippen LogP contribution is -2.38. The van der Waals surface area contributed by atoms with Crippen LogP contribution in [0.5, 0.6) is 0 Å². The number of nitro groups is 2. The van der Waals surface area contributed by atoms with E-state index in [-0.39, 0.29) is 22.5 Å². The SMILES string of the molecule is C[C@@H]1[C@@H]2C[C@H](C(=C3\C[C@@H]4C[C@@H]3[C@H](C)C4(C)C)/C2=N\Nc2ccc([N+](=O)[O-])cc2[N+](=O)[O-])C1(C)C. The van der Waals surface area contributed by atoms with Gasteiger partial charge in [0.1, 0.15) is 5.69 Å². The van der Waals surface area contributed by atoms with E-state index in [0.717, 1.165) is 24.6 Å². The monoisotopic (exact) mass is 466 g/mol. The van der Waals surface area contributed by atoms with Crippen LogP contribution in [-0.2, 0) is 0 Å². The lowest BCUT2D eigenvalue weighted by Gasteiger charge is -2.42. The number of nitro benzene ring substituents is 2. The van der Waals surface area contributed by atoms with E-state index < -0.39 is 9.85 Å². The van der Waals surface area contributed by atoms with Crippen molar-refractivity contribution in [1.82, 2.24) is 0 Å². The highest BCUT2D eigenvalue weighted by atomic mass is 16.6. The van der Waals surface area contributed by atoms with E-state index in [1.807, 2.05) is 0 Å². The molecular formula is C26H34N4O4. The van der Waals surface area contributed by atoms with E-state index in [9.17, 15) is 20.2 Å².